The summed E-state index contributed by atoms with van der Waals surface area (Å²) in [6, 6.07) is 4.32. The summed E-state index contributed by atoms with van der Waals surface area (Å²) in [6.07, 6.45) is 0.822. The molecular weight excluding hydrogens is 197 g/mol. The van der Waals surface area contributed by atoms with Gasteiger partial charge in [0, 0.05) is 6.04 Å². The van der Waals surface area contributed by atoms with E-state index in [1.54, 1.807) is 6.07 Å². The van der Waals surface area contributed by atoms with Gasteiger partial charge in [0.2, 0.25) is 0 Å². The fourth-order valence-electron chi connectivity index (χ4n) is 1.97. The number of carboxylic acid groups (broad SMARTS) is 1. The molecule has 2 N–H and O–H groups in total. The predicted molar refractivity (Wildman–Crippen MR) is 53.1 cm³/mol. The highest BCUT2D eigenvalue weighted by atomic mass is 19.1. The number of carbonyl (C=O) groups is 1. The van der Waals surface area contributed by atoms with E-state index in [1.807, 2.05) is 0 Å². The highest BCUT2D eigenvalue weighted by Crippen LogP contribution is 2.25. The second-order valence-electron chi connectivity index (χ2n) is 3.70. The van der Waals surface area contributed by atoms with Crippen LogP contribution in [0.1, 0.15) is 23.6 Å². The van der Waals surface area contributed by atoms with Crippen molar-refractivity contribution in [2.24, 2.45) is 0 Å². The van der Waals surface area contributed by atoms with Gasteiger partial charge in [-0.25, -0.2) is 4.39 Å². The van der Waals surface area contributed by atoms with Gasteiger partial charge in [-0.15, -0.1) is 0 Å². The maximum Gasteiger partial charge on any atom is 0.305 e. The molecule has 15 heavy (non-hydrogen) atoms. The lowest BCUT2D eigenvalue weighted by atomic mass is 9.92. The van der Waals surface area contributed by atoms with Crippen molar-refractivity contribution in [3.8, 4) is 0 Å². The Kier molecular flexibility index (Phi) is 2.68. The maximum atomic E-state index is 13.0. The van der Waals surface area contributed by atoms with Crippen LogP contribution < -0.4 is 5.32 Å². The van der Waals surface area contributed by atoms with Gasteiger partial charge in [0.15, 0.2) is 0 Å². The second kappa shape index (κ2) is 3.98. The van der Waals surface area contributed by atoms with Crippen LogP contribution in [-0.2, 0) is 11.2 Å². The molecule has 0 bridgehead atoms. The topological polar surface area (TPSA) is 49.3 Å². The first kappa shape index (κ1) is 10.1. The Balaban J connectivity index is 2.32. The zero-order chi connectivity index (χ0) is 10.8. The van der Waals surface area contributed by atoms with Crippen LogP contribution in [0.4, 0.5) is 4.39 Å². The molecular formula is C11H12FNO2. The van der Waals surface area contributed by atoms with Crippen LogP contribution in [-0.4, -0.2) is 17.6 Å². The van der Waals surface area contributed by atoms with Gasteiger partial charge in [-0.2, -0.15) is 0 Å². The molecule has 80 valence electrons. The van der Waals surface area contributed by atoms with E-state index in [9.17, 15) is 9.18 Å². The molecule has 0 aliphatic carbocycles. The average molecular weight is 209 g/mol. The molecule has 0 radical (unpaired) electrons. The van der Waals surface area contributed by atoms with Crippen molar-refractivity contribution in [1.82, 2.24) is 5.32 Å². The molecule has 1 aromatic rings. The zero-order valence-corrected chi connectivity index (χ0v) is 8.16. The lowest BCUT2D eigenvalue weighted by molar-refractivity contribution is -0.137. The predicted octanol–water partition coefficient (Wildman–Crippen LogP) is 1.49. The van der Waals surface area contributed by atoms with E-state index in [0.29, 0.717) is 0 Å². The largest absolute Gasteiger partial charge is 0.481 e. The van der Waals surface area contributed by atoms with Crippen LogP contribution in [0.25, 0.3) is 0 Å². The fourth-order valence-corrected chi connectivity index (χ4v) is 1.97. The summed E-state index contributed by atoms with van der Waals surface area (Å²) < 4.78 is 13.0. The van der Waals surface area contributed by atoms with Crippen LogP contribution in [0.3, 0.4) is 0 Å². The van der Waals surface area contributed by atoms with E-state index in [2.05, 4.69) is 5.32 Å². The number of hydrogen-bond acceptors (Lipinski definition) is 2. The van der Waals surface area contributed by atoms with Crippen LogP contribution in [0, 0.1) is 5.82 Å². The van der Waals surface area contributed by atoms with Gasteiger partial charge >= 0.3 is 5.97 Å². The van der Waals surface area contributed by atoms with Crippen molar-refractivity contribution in [3.63, 3.8) is 0 Å². The Morgan fingerprint density at radius 1 is 1.60 bits per heavy atom. The lowest BCUT2D eigenvalue weighted by Crippen LogP contribution is -2.31. The highest BCUT2D eigenvalue weighted by Gasteiger charge is 2.22. The normalized spacial score (nSPS) is 19.7. The molecule has 1 aliphatic heterocycles. The molecule has 4 heteroatoms. The first-order valence-electron chi connectivity index (χ1n) is 4.90. The molecule has 0 spiro atoms. The average Bonchev–Trinajstić information content (AvgIpc) is 2.18. The number of halogens is 1. The molecule has 1 aromatic carbocycles. The second-order valence-corrected chi connectivity index (χ2v) is 3.70. The molecule has 0 saturated heterocycles. The molecule has 0 amide bonds. The van der Waals surface area contributed by atoms with Crippen molar-refractivity contribution in [1.29, 1.82) is 0 Å². The van der Waals surface area contributed by atoms with E-state index < -0.39 is 5.97 Å². The summed E-state index contributed by atoms with van der Waals surface area (Å²) >= 11 is 0. The fraction of sp³-hybridized carbons (Fsp3) is 0.364. The highest BCUT2D eigenvalue weighted by molar-refractivity contribution is 5.68. The third-order valence-corrected chi connectivity index (χ3v) is 2.65. The van der Waals surface area contributed by atoms with Gasteiger partial charge in [-0.1, -0.05) is 6.07 Å². The maximum absolute atomic E-state index is 13.0. The van der Waals surface area contributed by atoms with Crippen LogP contribution in [0.5, 0.6) is 0 Å². The van der Waals surface area contributed by atoms with Crippen LogP contribution >= 0.6 is 0 Å². The summed E-state index contributed by atoms with van der Waals surface area (Å²) in [6.45, 7) is 0.747. The van der Waals surface area contributed by atoms with Crippen LogP contribution in [0.15, 0.2) is 18.2 Å². The van der Waals surface area contributed by atoms with Crippen molar-refractivity contribution < 1.29 is 14.3 Å². The molecule has 2 rings (SSSR count). The number of rotatable bonds is 2. The Morgan fingerprint density at radius 2 is 2.40 bits per heavy atom. The SMILES string of the molecule is O=C(O)CC1NCCc2ccc(F)cc21. The number of hydrogen-bond donors (Lipinski definition) is 2. The lowest BCUT2D eigenvalue weighted by Gasteiger charge is -2.25. The molecule has 1 aliphatic rings. The Morgan fingerprint density at radius 3 is 3.13 bits per heavy atom. The quantitative estimate of drug-likeness (QED) is 0.775. The number of nitrogens with one attached hydrogen (secondary N) is 1. The van der Waals surface area contributed by atoms with E-state index in [0.717, 1.165) is 24.1 Å². The van der Waals surface area contributed by atoms with E-state index in [1.165, 1.54) is 12.1 Å². The van der Waals surface area contributed by atoms with E-state index in [-0.39, 0.29) is 18.3 Å². The van der Waals surface area contributed by atoms with Crippen molar-refractivity contribution in [2.45, 2.75) is 18.9 Å². The molecule has 1 unspecified atom stereocenters. The number of carboxylic acids is 1. The Labute approximate surface area is 86.9 Å². The van der Waals surface area contributed by atoms with Crippen LogP contribution in [0.2, 0.25) is 0 Å². The third kappa shape index (κ3) is 2.15. The van der Waals surface area contributed by atoms with Gasteiger partial charge in [-0.05, 0) is 36.2 Å². The van der Waals surface area contributed by atoms with E-state index in [4.69, 9.17) is 5.11 Å². The van der Waals surface area contributed by atoms with Gasteiger partial charge in [0.05, 0.1) is 6.42 Å². The molecule has 0 saturated carbocycles. The first-order valence-corrected chi connectivity index (χ1v) is 4.90. The summed E-state index contributed by atoms with van der Waals surface area (Å²) in [7, 11) is 0. The number of benzene rings is 1. The van der Waals surface area contributed by atoms with Gasteiger partial charge < -0.3 is 10.4 Å². The Bertz CT molecular complexity index is 392. The third-order valence-electron chi connectivity index (χ3n) is 2.65. The molecule has 0 aromatic heterocycles. The standard InChI is InChI=1S/C11H12FNO2/c12-8-2-1-7-3-4-13-10(6-11(14)15)9(7)5-8/h1-2,5,10,13H,3-4,6H2,(H,14,15). The summed E-state index contributed by atoms with van der Waals surface area (Å²) in [5.74, 6) is -1.18. The minimum atomic E-state index is -0.871. The van der Waals surface area contributed by atoms with Crippen molar-refractivity contribution in [2.75, 3.05) is 6.54 Å². The summed E-state index contributed by atoms with van der Waals surface area (Å²) in [5.41, 5.74) is 1.82. The summed E-state index contributed by atoms with van der Waals surface area (Å²) in [4.78, 5) is 10.6. The summed E-state index contributed by atoms with van der Waals surface area (Å²) in [5, 5.41) is 11.8. The molecule has 3 nitrogen and oxygen atoms in total. The van der Waals surface area contributed by atoms with Crippen molar-refractivity contribution >= 4 is 5.97 Å². The number of aliphatic carboxylic acids is 1. The van der Waals surface area contributed by atoms with Gasteiger partial charge in [-0.3, -0.25) is 4.79 Å². The van der Waals surface area contributed by atoms with Gasteiger partial charge in [0.1, 0.15) is 5.82 Å². The Hall–Kier alpha value is -1.42. The minimum absolute atomic E-state index is 0.00352. The molecule has 1 atom stereocenters. The minimum Gasteiger partial charge on any atom is -0.481 e. The smallest absolute Gasteiger partial charge is 0.305 e. The van der Waals surface area contributed by atoms with Gasteiger partial charge in [0.25, 0.3) is 0 Å². The number of fused-ring (bicyclic) bond motifs is 1. The molecule has 1 heterocycles. The zero-order valence-electron chi connectivity index (χ0n) is 8.16. The monoisotopic (exact) mass is 209 g/mol. The van der Waals surface area contributed by atoms with Crippen molar-refractivity contribution in [3.05, 3.63) is 35.1 Å². The first-order chi connectivity index (χ1) is 7.16. The molecule has 0 fully saturated rings. The van der Waals surface area contributed by atoms with E-state index >= 15 is 0 Å².